The largest absolute Gasteiger partial charge is 0.457 e. The highest BCUT2D eigenvalue weighted by molar-refractivity contribution is 9.11. The van der Waals surface area contributed by atoms with Crippen molar-refractivity contribution < 1.29 is 9.13 Å². The lowest BCUT2D eigenvalue weighted by molar-refractivity contribution is 0.475. The molecule has 2 aromatic carbocycles. The van der Waals surface area contributed by atoms with Gasteiger partial charge in [-0.05, 0) is 45.8 Å². The minimum atomic E-state index is -0.344. The Morgan fingerprint density at radius 2 is 1.61 bits per heavy atom. The van der Waals surface area contributed by atoms with Crippen molar-refractivity contribution in [2.24, 2.45) is 0 Å². The first-order chi connectivity index (χ1) is 8.60. The molecule has 0 amide bonds. The molecule has 1 nitrogen and oxygen atoms in total. The molecule has 2 rings (SSSR count). The molecule has 0 N–H and O–H groups in total. The van der Waals surface area contributed by atoms with E-state index in [1.165, 1.54) is 6.07 Å². The third kappa shape index (κ3) is 3.33. The first-order valence-corrected chi connectivity index (χ1v) is 7.78. The van der Waals surface area contributed by atoms with Gasteiger partial charge in [-0.15, -0.1) is 0 Å². The van der Waals surface area contributed by atoms with Crippen LogP contribution in [-0.2, 0) is 5.33 Å². The summed E-state index contributed by atoms with van der Waals surface area (Å²) in [6.07, 6.45) is 0. The predicted octanol–water partition coefficient (Wildman–Crippen LogP) is 6.04. The van der Waals surface area contributed by atoms with Gasteiger partial charge in [-0.2, -0.15) is 0 Å². The fraction of sp³-hybridized carbons (Fsp3) is 0.0769. The van der Waals surface area contributed by atoms with E-state index in [9.17, 15) is 4.39 Å². The molecule has 0 saturated heterocycles. The molecule has 0 saturated carbocycles. The predicted molar refractivity (Wildman–Crippen MR) is 80.9 cm³/mol. The maximum atomic E-state index is 13.3. The Labute approximate surface area is 130 Å². The van der Waals surface area contributed by atoms with Gasteiger partial charge in [-0.25, -0.2) is 4.39 Å². The van der Waals surface area contributed by atoms with Gasteiger partial charge in [-0.1, -0.05) is 37.9 Å². The van der Waals surface area contributed by atoms with E-state index in [-0.39, 0.29) is 5.82 Å². The molecule has 0 bridgehead atoms. The zero-order chi connectivity index (χ0) is 13.1. The second-order valence-corrected chi connectivity index (χ2v) is 5.83. The highest BCUT2D eigenvalue weighted by Crippen LogP contribution is 2.29. The van der Waals surface area contributed by atoms with Crippen LogP contribution in [-0.4, -0.2) is 0 Å². The van der Waals surface area contributed by atoms with Crippen molar-refractivity contribution >= 4 is 47.8 Å². The van der Waals surface area contributed by atoms with Crippen molar-refractivity contribution in [3.05, 3.63) is 56.7 Å². The quantitative estimate of drug-likeness (QED) is 0.531. The molecule has 0 aliphatic rings. The van der Waals surface area contributed by atoms with Crippen LogP contribution in [0.3, 0.4) is 0 Å². The normalized spacial score (nSPS) is 10.4. The molecule has 0 radical (unpaired) electrons. The number of halogens is 4. The Morgan fingerprint density at radius 1 is 0.944 bits per heavy atom. The van der Waals surface area contributed by atoms with Crippen molar-refractivity contribution in [2.75, 3.05) is 0 Å². The average Bonchev–Trinajstić information content (AvgIpc) is 2.34. The minimum absolute atomic E-state index is 0.344. The van der Waals surface area contributed by atoms with Gasteiger partial charge in [0.1, 0.15) is 17.3 Å². The van der Waals surface area contributed by atoms with Gasteiger partial charge >= 0.3 is 0 Å². The van der Waals surface area contributed by atoms with Crippen LogP contribution in [0, 0.1) is 5.82 Å². The third-order valence-corrected chi connectivity index (χ3v) is 4.28. The van der Waals surface area contributed by atoms with Crippen LogP contribution in [0.5, 0.6) is 11.5 Å². The van der Waals surface area contributed by atoms with E-state index in [4.69, 9.17) is 4.74 Å². The van der Waals surface area contributed by atoms with Crippen LogP contribution in [0.15, 0.2) is 45.3 Å². The van der Waals surface area contributed by atoms with Crippen LogP contribution in [0.2, 0.25) is 0 Å². The molecular weight excluding hydrogens is 431 g/mol. The summed E-state index contributed by atoms with van der Waals surface area (Å²) in [5.74, 6) is 0.783. The van der Waals surface area contributed by atoms with E-state index in [1.54, 1.807) is 12.1 Å². The smallest absolute Gasteiger partial charge is 0.141 e. The van der Waals surface area contributed by atoms with E-state index < -0.39 is 0 Å². The molecule has 0 unspecified atom stereocenters. The van der Waals surface area contributed by atoms with Crippen molar-refractivity contribution in [3.8, 4) is 11.5 Å². The Balaban J connectivity index is 2.23. The summed E-state index contributed by atoms with van der Waals surface area (Å²) in [5.41, 5.74) is 1.13. The zero-order valence-electron chi connectivity index (χ0n) is 9.09. The summed E-state index contributed by atoms with van der Waals surface area (Å²) in [5, 5.41) is 0.765. The Bertz CT molecular complexity index is 572. The fourth-order valence-electron chi connectivity index (χ4n) is 1.38. The highest BCUT2D eigenvalue weighted by atomic mass is 79.9. The molecule has 94 valence electrons. The minimum Gasteiger partial charge on any atom is -0.457 e. The Morgan fingerprint density at radius 3 is 2.22 bits per heavy atom. The molecule has 0 fully saturated rings. The van der Waals surface area contributed by atoms with E-state index in [0.717, 1.165) is 15.4 Å². The zero-order valence-corrected chi connectivity index (χ0v) is 13.8. The molecule has 0 spiro atoms. The Kier molecular flexibility index (Phi) is 4.81. The first-order valence-electron chi connectivity index (χ1n) is 5.07. The van der Waals surface area contributed by atoms with Gasteiger partial charge in [-0.3, -0.25) is 0 Å². The van der Waals surface area contributed by atoms with E-state index in [1.807, 2.05) is 18.2 Å². The van der Waals surface area contributed by atoms with E-state index >= 15 is 0 Å². The van der Waals surface area contributed by atoms with Crippen LogP contribution >= 0.6 is 47.8 Å². The lowest BCUT2D eigenvalue weighted by atomic mass is 10.2. The molecule has 18 heavy (non-hydrogen) atoms. The summed E-state index contributed by atoms with van der Waals surface area (Å²) in [4.78, 5) is 0. The van der Waals surface area contributed by atoms with Crippen LogP contribution < -0.4 is 4.74 Å². The second-order valence-electron chi connectivity index (χ2n) is 3.56. The topological polar surface area (TPSA) is 9.23 Å². The number of hydrogen-bond acceptors (Lipinski definition) is 1. The SMILES string of the molecule is Fc1cc(Oc2ccc(CBr)c(Br)c2)ccc1Br. The van der Waals surface area contributed by atoms with Crippen LogP contribution in [0.4, 0.5) is 4.39 Å². The highest BCUT2D eigenvalue weighted by Gasteiger charge is 2.05. The van der Waals surface area contributed by atoms with Crippen molar-refractivity contribution in [1.82, 2.24) is 0 Å². The fourth-order valence-corrected chi connectivity index (χ4v) is 2.99. The van der Waals surface area contributed by atoms with Gasteiger partial charge in [0.05, 0.1) is 4.47 Å². The van der Waals surface area contributed by atoms with E-state index in [2.05, 4.69) is 47.8 Å². The second kappa shape index (κ2) is 6.17. The van der Waals surface area contributed by atoms with Gasteiger partial charge in [0.25, 0.3) is 0 Å². The molecule has 0 aliphatic heterocycles. The Hall–Kier alpha value is -0.390. The van der Waals surface area contributed by atoms with Crippen LogP contribution in [0.25, 0.3) is 0 Å². The van der Waals surface area contributed by atoms with Gasteiger partial charge < -0.3 is 4.74 Å². The number of ether oxygens (including phenoxy) is 1. The first kappa shape index (κ1) is 14.0. The number of benzene rings is 2. The third-order valence-electron chi connectivity index (χ3n) is 2.30. The average molecular weight is 439 g/mol. The van der Waals surface area contributed by atoms with Crippen molar-refractivity contribution in [2.45, 2.75) is 5.33 Å². The maximum Gasteiger partial charge on any atom is 0.141 e. The van der Waals surface area contributed by atoms with Crippen LogP contribution in [0.1, 0.15) is 5.56 Å². The molecular formula is C13H8Br3FO. The number of alkyl halides is 1. The summed E-state index contributed by atoms with van der Waals surface area (Å²) < 4.78 is 20.3. The molecule has 2 aromatic rings. The lowest BCUT2D eigenvalue weighted by Crippen LogP contribution is -1.88. The molecule has 5 heteroatoms. The lowest BCUT2D eigenvalue weighted by Gasteiger charge is -2.08. The van der Waals surface area contributed by atoms with E-state index in [0.29, 0.717) is 16.0 Å². The summed E-state index contributed by atoms with van der Waals surface area (Å²) in [7, 11) is 0. The van der Waals surface area contributed by atoms with Crippen molar-refractivity contribution in [3.63, 3.8) is 0 Å². The number of hydrogen-bond donors (Lipinski definition) is 0. The van der Waals surface area contributed by atoms with Gasteiger partial charge in [0.2, 0.25) is 0 Å². The molecule has 0 aromatic heterocycles. The molecule has 0 heterocycles. The summed E-state index contributed by atoms with van der Waals surface area (Å²) in [6, 6.07) is 10.3. The molecule has 0 aliphatic carbocycles. The van der Waals surface area contributed by atoms with Crippen molar-refractivity contribution in [1.29, 1.82) is 0 Å². The molecule has 0 atom stereocenters. The maximum absolute atomic E-state index is 13.3. The summed E-state index contributed by atoms with van der Waals surface area (Å²) in [6.45, 7) is 0. The summed E-state index contributed by atoms with van der Waals surface area (Å²) >= 11 is 9.95. The van der Waals surface area contributed by atoms with Gasteiger partial charge in [0, 0.05) is 15.9 Å². The number of rotatable bonds is 3. The monoisotopic (exact) mass is 436 g/mol. The van der Waals surface area contributed by atoms with Gasteiger partial charge in [0.15, 0.2) is 0 Å². The standard InChI is InChI=1S/C13H8Br3FO/c14-7-8-1-2-9(5-12(8)16)18-10-3-4-11(15)13(17)6-10/h1-6H,7H2.